The fourth-order valence-electron chi connectivity index (χ4n) is 2.78. The van der Waals surface area contributed by atoms with Crippen LogP contribution >= 0.6 is 15.9 Å². The lowest BCUT2D eigenvalue weighted by atomic mass is 9.86. The zero-order chi connectivity index (χ0) is 13.4. The van der Waals surface area contributed by atoms with Crippen molar-refractivity contribution >= 4 is 21.8 Å². The van der Waals surface area contributed by atoms with Crippen LogP contribution in [0.1, 0.15) is 65.2 Å². The molecule has 0 aromatic carbocycles. The van der Waals surface area contributed by atoms with Gasteiger partial charge in [-0.3, -0.25) is 4.79 Å². The molecule has 1 aliphatic rings. The second-order valence-corrected chi connectivity index (χ2v) is 6.73. The Morgan fingerprint density at radius 2 is 1.94 bits per heavy atom. The summed E-state index contributed by atoms with van der Waals surface area (Å²) < 4.78 is 0. The molecule has 106 valence electrons. The van der Waals surface area contributed by atoms with Crippen molar-refractivity contribution in [3.63, 3.8) is 0 Å². The Morgan fingerprint density at radius 3 is 2.50 bits per heavy atom. The third kappa shape index (κ3) is 6.21. The molecule has 0 heterocycles. The summed E-state index contributed by atoms with van der Waals surface area (Å²) in [5.74, 6) is 1.57. The Kier molecular flexibility index (Phi) is 7.96. The van der Waals surface area contributed by atoms with Gasteiger partial charge < -0.3 is 5.32 Å². The zero-order valence-electron chi connectivity index (χ0n) is 11.9. The zero-order valence-corrected chi connectivity index (χ0v) is 13.5. The minimum atomic E-state index is 0.250. The van der Waals surface area contributed by atoms with E-state index in [4.69, 9.17) is 0 Å². The van der Waals surface area contributed by atoms with Gasteiger partial charge in [0.05, 0.1) is 0 Å². The highest BCUT2D eigenvalue weighted by atomic mass is 79.9. The van der Waals surface area contributed by atoms with Gasteiger partial charge >= 0.3 is 0 Å². The van der Waals surface area contributed by atoms with E-state index in [-0.39, 0.29) is 5.91 Å². The Balaban J connectivity index is 2.22. The molecule has 0 aliphatic heterocycles. The highest BCUT2D eigenvalue weighted by Gasteiger charge is 2.18. The highest BCUT2D eigenvalue weighted by molar-refractivity contribution is 9.09. The fourth-order valence-corrected chi connectivity index (χ4v) is 3.27. The van der Waals surface area contributed by atoms with Gasteiger partial charge in [-0.25, -0.2) is 0 Å². The fraction of sp³-hybridized carbons (Fsp3) is 0.933. The molecule has 1 aliphatic carbocycles. The van der Waals surface area contributed by atoms with Crippen LogP contribution < -0.4 is 5.32 Å². The number of hydrogen-bond acceptors (Lipinski definition) is 1. The van der Waals surface area contributed by atoms with E-state index in [9.17, 15) is 4.79 Å². The number of hydrogen-bond donors (Lipinski definition) is 1. The van der Waals surface area contributed by atoms with Crippen LogP contribution in [0.3, 0.4) is 0 Å². The van der Waals surface area contributed by atoms with Crippen molar-refractivity contribution in [3.05, 3.63) is 0 Å². The van der Waals surface area contributed by atoms with Gasteiger partial charge in [0, 0.05) is 17.8 Å². The van der Waals surface area contributed by atoms with Gasteiger partial charge in [0.1, 0.15) is 0 Å². The maximum absolute atomic E-state index is 11.9. The van der Waals surface area contributed by atoms with Crippen molar-refractivity contribution in [3.8, 4) is 0 Å². The van der Waals surface area contributed by atoms with Gasteiger partial charge in [0.25, 0.3) is 0 Å². The number of rotatable bonds is 7. The Morgan fingerprint density at radius 1 is 1.28 bits per heavy atom. The molecule has 3 heteroatoms. The summed E-state index contributed by atoms with van der Waals surface area (Å²) in [6, 6.07) is 0.322. The molecule has 1 atom stereocenters. The van der Waals surface area contributed by atoms with Crippen molar-refractivity contribution in [1.29, 1.82) is 0 Å². The van der Waals surface area contributed by atoms with Crippen LogP contribution in [0, 0.1) is 11.8 Å². The smallest absolute Gasteiger partial charge is 0.220 e. The van der Waals surface area contributed by atoms with Crippen molar-refractivity contribution in [2.75, 3.05) is 5.33 Å². The molecule has 18 heavy (non-hydrogen) atoms. The molecule has 2 nitrogen and oxygen atoms in total. The molecule has 0 aromatic rings. The van der Waals surface area contributed by atoms with Crippen molar-refractivity contribution < 1.29 is 4.79 Å². The van der Waals surface area contributed by atoms with E-state index < -0.39 is 0 Å². The first kappa shape index (κ1) is 16.0. The summed E-state index contributed by atoms with van der Waals surface area (Å²) in [4.78, 5) is 11.9. The number of amides is 1. The van der Waals surface area contributed by atoms with Gasteiger partial charge in [-0.15, -0.1) is 0 Å². The van der Waals surface area contributed by atoms with E-state index in [0.717, 1.165) is 30.5 Å². The van der Waals surface area contributed by atoms with Crippen LogP contribution in [-0.4, -0.2) is 17.3 Å². The van der Waals surface area contributed by atoms with Gasteiger partial charge in [0.15, 0.2) is 0 Å². The Labute approximate surface area is 120 Å². The lowest BCUT2D eigenvalue weighted by Crippen LogP contribution is -2.38. The standard InChI is InChI=1S/C15H28BrNO/c1-12(2)14(10-11-16)17-15(18)9-8-13-6-4-3-5-7-13/h12-14H,3-11H2,1-2H3,(H,17,18). The normalized spacial score (nSPS) is 18.9. The molecule has 0 spiro atoms. The maximum atomic E-state index is 11.9. The van der Waals surface area contributed by atoms with Crippen molar-refractivity contribution in [1.82, 2.24) is 5.32 Å². The monoisotopic (exact) mass is 317 g/mol. The van der Waals surface area contributed by atoms with Crippen LogP contribution in [-0.2, 0) is 4.79 Å². The SMILES string of the molecule is CC(C)C(CCBr)NC(=O)CCC1CCCCC1. The average molecular weight is 318 g/mol. The van der Waals surface area contributed by atoms with Crippen molar-refractivity contribution in [2.24, 2.45) is 11.8 Å². The summed E-state index contributed by atoms with van der Waals surface area (Å²) in [5.41, 5.74) is 0. The molecule has 0 bridgehead atoms. The van der Waals surface area contributed by atoms with E-state index in [1.165, 1.54) is 32.1 Å². The number of nitrogens with one attached hydrogen (secondary N) is 1. The Bertz CT molecular complexity index is 237. The predicted octanol–water partition coefficient (Wildman–Crippen LogP) is 4.27. The quantitative estimate of drug-likeness (QED) is 0.698. The van der Waals surface area contributed by atoms with E-state index in [0.29, 0.717) is 12.0 Å². The van der Waals surface area contributed by atoms with Gasteiger partial charge in [-0.2, -0.15) is 0 Å². The van der Waals surface area contributed by atoms with Gasteiger partial charge in [-0.1, -0.05) is 61.9 Å². The van der Waals surface area contributed by atoms with Crippen LogP contribution in [0.15, 0.2) is 0 Å². The largest absolute Gasteiger partial charge is 0.353 e. The van der Waals surface area contributed by atoms with Crippen LogP contribution in [0.5, 0.6) is 0 Å². The van der Waals surface area contributed by atoms with E-state index >= 15 is 0 Å². The van der Waals surface area contributed by atoms with Crippen molar-refractivity contribution in [2.45, 2.75) is 71.3 Å². The summed E-state index contributed by atoms with van der Waals surface area (Å²) in [5, 5.41) is 4.15. The molecule has 1 N–H and O–H groups in total. The number of carbonyl (C=O) groups is 1. The lowest BCUT2D eigenvalue weighted by molar-refractivity contribution is -0.122. The van der Waals surface area contributed by atoms with E-state index in [1.807, 2.05) is 0 Å². The van der Waals surface area contributed by atoms with Gasteiger partial charge in [0.2, 0.25) is 5.91 Å². The molecule has 1 amide bonds. The molecular formula is C15H28BrNO. The minimum Gasteiger partial charge on any atom is -0.353 e. The van der Waals surface area contributed by atoms with E-state index in [1.54, 1.807) is 0 Å². The van der Waals surface area contributed by atoms with Crippen LogP contribution in [0.25, 0.3) is 0 Å². The summed E-state index contributed by atoms with van der Waals surface area (Å²) in [6.45, 7) is 4.35. The molecule has 1 saturated carbocycles. The molecule has 0 radical (unpaired) electrons. The molecule has 0 saturated heterocycles. The lowest BCUT2D eigenvalue weighted by Gasteiger charge is -2.24. The van der Waals surface area contributed by atoms with E-state index in [2.05, 4.69) is 35.1 Å². The van der Waals surface area contributed by atoms with Gasteiger partial charge in [-0.05, 0) is 24.7 Å². The Hall–Kier alpha value is -0.0500. The third-order valence-corrected chi connectivity index (χ3v) is 4.53. The predicted molar refractivity (Wildman–Crippen MR) is 81.0 cm³/mol. The number of halogens is 1. The average Bonchev–Trinajstić information content (AvgIpc) is 2.37. The molecule has 0 aromatic heterocycles. The summed E-state index contributed by atoms with van der Waals surface area (Å²) >= 11 is 3.46. The second-order valence-electron chi connectivity index (χ2n) is 5.94. The first-order valence-electron chi connectivity index (χ1n) is 7.48. The summed E-state index contributed by atoms with van der Waals surface area (Å²) in [7, 11) is 0. The highest BCUT2D eigenvalue weighted by Crippen LogP contribution is 2.27. The second kappa shape index (κ2) is 8.95. The number of alkyl halides is 1. The number of carbonyl (C=O) groups excluding carboxylic acids is 1. The van der Waals surface area contributed by atoms with Crippen LogP contribution in [0.4, 0.5) is 0 Å². The molecular weight excluding hydrogens is 290 g/mol. The maximum Gasteiger partial charge on any atom is 0.220 e. The topological polar surface area (TPSA) is 29.1 Å². The minimum absolute atomic E-state index is 0.250. The molecule has 1 unspecified atom stereocenters. The first-order valence-corrected chi connectivity index (χ1v) is 8.61. The molecule has 1 rings (SSSR count). The summed E-state index contributed by atoms with van der Waals surface area (Å²) in [6.07, 6.45) is 9.62. The third-order valence-electron chi connectivity index (χ3n) is 4.08. The first-order chi connectivity index (χ1) is 8.63. The molecule has 1 fully saturated rings. The van der Waals surface area contributed by atoms with Crippen LogP contribution in [0.2, 0.25) is 0 Å².